The molecule has 0 aliphatic carbocycles. The van der Waals surface area contributed by atoms with Crippen LogP contribution in [0.4, 0.5) is 0 Å². The van der Waals surface area contributed by atoms with E-state index in [2.05, 4.69) is 23.9 Å². The maximum Gasteiger partial charge on any atom is 0.250 e. The summed E-state index contributed by atoms with van der Waals surface area (Å²) in [4.78, 5) is 1.11. The number of sulfonamides is 1. The maximum absolute atomic E-state index is 12.1. The third-order valence-corrected chi connectivity index (χ3v) is 6.12. The molecule has 0 fully saturated rings. The quantitative estimate of drug-likeness (QED) is 0.617. The van der Waals surface area contributed by atoms with E-state index in [1.54, 1.807) is 6.07 Å². The van der Waals surface area contributed by atoms with Crippen LogP contribution >= 0.6 is 11.3 Å². The lowest BCUT2D eigenvalue weighted by Crippen LogP contribution is -2.23. The monoisotopic (exact) mass is 318 g/mol. The molecule has 0 amide bonds. The Balaban J connectivity index is 2.42. The summed E-state index contributed by atoms with van der Waals surface area (Å²) in [5, 5.41) is 3.24. The Kier molecular flexibility index (Phi) is 8.37. The second kappa shape index (κ2) is 9.50. The number of nitrogens with one attached hydrogen (secondary N) is 2. The highest BCUT2D eigenvalue weighted by Gasteiger charge is 2.15. The van der Waals surface area contributed by atoms with Gasteiger partial charge in [-0.05, 0) is 38.1 Å². The van der Waals surface area contributed by atoms with E-state index in [0.29, 0.717) is 10.8 Å². The van der Waals surface area contributed by atoms with Gasteiger partial charge in [-0.15, -0.1) is 11.3 Å². The Bertz CT molecular complexity index is 469. The number of thiophene rings is 1. The topological polar surface area (TPSA) is 58.2 Å². The first-order valence-electron chi connectivity index (χ1n) is 7.39. The van der Waals surface area contributed by atoms with Gasteiger partial charge in [0.15, 0.2) is 0 Å². The van der Waals surface area contributed by atoms with Gasteiger partial charge in [-0.2, -0.15) is 0 Å². The molecule has 0 atom stereocenters. The molecule has 116 valence electrons. The molecule has 4 nitrogen and oxygen atoms in total. The summed E-state index contributed by atoms with van der Waals surface area (Å²) in [5.74, 6) is 0. The zero-order valence-electron chi connectivity index (χ0n) is 12.4. The molecule has 0 spiro atoms. The van der Waals surface area contributed by atoms with E-state index in [9.17, 15) is 8.42 Å². The molecule has 0 saturated heterocycles. The number of hydrogen-bond acceptors (Lipinski definition) is 4. The molecule has 20 heavy (non-hydrogen) atoms. The van der Waals surface area contributed by atoms with Crippen molar-refractivity contribution in [3.05, 3.63) is 17.0 Å². The molecule has 0 radical (unpaired) electrons. The van der Waals surface area contributed by atoms with Crippen molar-refractivity contribution in [3.8, 4) is 0 Å². The van der Waals surface area contributed by atoms with Gasteiger partial charge in [0.1, 0.15) is 4.21 Å². The van der Waals surface area contributed by atoms with Crippen LogP contribution in [0.3, 0.4) is 0 Å². The van der Waals surface area contributed by atoms with Crippen molar-refractivity contribution in [3.63, 3.8) is 0 Å². The molecule has 0 bridgehead atoms. The lowest BCUT2D eigenvalue weighted by molar-refractivity contribution is 0.575. The van der Waals surface area contributed by atoms with E-state index in [1.165, 1.54) is 11.3 Å². The molecule has 1 heterocycles. The molecular formula is C14H26N2O2S2. The molecular weight excluding hydrogens is 292 g/mol. The van der Waals surface area contributed by atoms with Crippen LogP contribution < -0.4 is 10.0 Å². The predicted octanol–water partition coefficient (Wildman–Crippen LogP) is 2.76. The molecule has 6 heteroatoms. The SMILES string of the molecule is CCCCCCNS(=O)(=O)c1ccc(CCNCC)s1. The third kappa shape index (κ3) is 6.35. The van der Waals surface area contributed by atoms with Gasteiger partial charge in [-0.1, -0.05) is 33.1 Å². The predicted molar refractivity (Wildman–Crippen MR) is 85.9 cm³/mol. The molecule has 0 saturated carbocycles. The van der Waals surface area contributed by atoms with Gasteiger partial charge in [0.05, 0.1) is 0 Å². The van der Waals surface area contributed by atoms with Gasteiger partial charge in [0.2, 0.25) is 10.0 Å². The molecule has 1 aromatic heterocycles. The van der Waals surface area contributed by atoms with E-state index in [4.69, 9.17) is 0 Å². The van der Waals surface area contributed by atoms with Crippen LogP contribution in [0.5, 0.6) is 0 Å². The standard InChI is InChI=1S/C14H26N2O2S2/c1-3-5-6-7-11-16-20(17,18)14-9-8-13(19-14)10-12-15-4-2/h8-9,15-16H,3-7,10-12H2,1-2H3. The summed E-state index contributed by atoms with van der Waals surface area (Å²) in [6, 6.07) is 3.62. The summed E-state index contributed by atoms with van der Waals surface area (Å²) in [6.45, 7) is 6.57. The Labute approximate surface area is 127 Å². The Morgan fingerprint density at radius 3 is 2.60 bits per heavy atom. The second-order valence-corrected chi connectivity index (χ2v) is 7.94. The van der Waals surface area contributed by atoms with Gasteiger partial charge in [-0.25, -0.2) is 13.1 Å². The molecule has 0 aliphatic rings. The highest BCUT2D eigenvalue weighted by atomic mass is 32.2. The maximum atomic E-state index is 12.1. The number of likely N-dealkylation sites (N-methyl/N-ethyl adjacent to an activating group) is 1. The summed E-state index contributed by atoms with van der Waals surface area (Å²) in [7, 11) is -3.31. The van der Waals surface area contributed by atoms with Gasteiger partial charge < -0.3 is 5.32 Å². The van der Waals surface area contributed by atoms with E-state index in [1.807, 2.05) is 6.07 Å². The van der Waals surface area contributed by atoms with Crippen molar-refractivity contribution >= 4 is 21.4 Å². The van der Waals surface area contributed by atoms with Gasteiger partial charge in [-0.3, -0.25) is 0 Å². The van der Waals surface area contributed by atoms with E-state index in [0.717, 1.165) is 50.1 Å². The van der Waals surface area contributed by atoms with Crippen LogP contribution in [0.25, 0.3) is 0 Å². The van der Waals surface area contributed by atoms with Crippen LogP contribution in [0, 0.1) is 0 Å². The first kappa shape index (κ1) is 17.6. The Morgan fingerprint density at radius 1 is 1.10 bits per heavy atom. The van der Waals surface area contributed by atoms with Crippen molar-refractivity contribution in [2.24, 2.45) is 0 Å². The normalized spacial score (nSPS) is 11.9. The number of unbranched alkanes of at least 4 members (excludes halogenated alkanes) is 3. The zero-order valence-corrected chi connectivity index (χ0v) is 14.1. The van der Waals surface area contributed by atoms with E-state index >= 15 is 0 Å². The lowest BCUT2D eigenvalue weighted by atomic mass is 10.2. The average molecular weight is 319 g/mol. The van der Waals surface area contributed by atoms with Crippen LogP contribution in [-0.2, 0) is 16.4 Å². The fraction of sp³-hybridized carbons (Fsp3) is 0.714. The fourth-order valence-corrected chi connectivity index (χ4v) is 4.33. The lowest BCUT2D eigenvalue weighted by Gasteiger charge is -2.04. The summed E-state index contributed by atoms with van der Waals surface area (Å²) in [6.07, 6.45) is 5.19. The smallest absolute Gasteiger partial charge is 0.250 e. The highest BCUT2D eigenvalue weighted by Crippen LogP contribution is 2.21. The van der Waals surface area contributed by atoms with Crippen molar-refractivity contribution in [2.75, 3.05) is 19.6 Å². The Hall–Kier alpha value is -0.430. The van der Waals surface area contributed by atoms with Crippen LogP contribution in [0.2, 0.25) is 0 Å². The van der Waals surface area contributed by atoms with Crippen molar-refractivity contribution in [2.45, 2.75) is 50.2 Å². The molecule has 1 rings (SSSR count). The fourth-order valence-electron chi connectivity index (χ4n) is 1.85. The van der Waals surface area contributed by atoms with Crippen LogP contribution in [0.1, 0.15) is 44.4 Å². The van der Waals surface area contributed by atoms with Crippen molar-refractivity contribution < 1.29 is 8.42 Å². The molecule has 0 unspecified atom stereocenters. The van der Waals surface area contributed by atoms with Gasteiger partial charge in [0, 0.05) is 11.4 Å². The minimum absolute atomic E-state index is 0.430. The van der Waals surface area contributed by atoms with Gasteiger partial charge in [0.25, 0.3) is 0 Å². The second-order valence-electron chi connectivity index (χ2n) is 4.78. The van der Waals surface area contributed by atoms with E-state index in [-0.39, 0.29) is 0 Å². The Morgan fingerprint density at radius 2 is 1.90 bits per heavy atom. The highest BCUT2D eigenvalue weighted by molar-refractivity contribution is 7.91. The zero-order chi connectivity index (χ0) is 14.8. The van der Waals surface area contributed by atoms with E-state index < -0.39 is 10.0 Å². The molecule has 0 aromatic carbocycles. The minimum Gasteiger partial charge on any atom is -0.317 e. The number of hydrogen-bond donors (Lipinski definition) is 2. The third-order valence-electron chi connectivity index (χ3n) is 3.02. The minimum atomic E-state index is -3.31. The molecule has 2 N–H and O–H groups in total. The summed E-state index contributed by atoms with van der Waals surface area (Å²) in [5.41, 5.74) is 0. The summed E-state index contributed by atoms with van der Waals surface area (Å²) < 4.78 is 27.3. The van der Waals surface area contributed by atoms with Crippen LogP contribution in [-0.4, -0.2) is 28.1 Å². The largest absolute Gasteiger partial charge is 0.317 e. The molecule has 1 aromatic rings. The first-order chi connectivity index (χ1) is 9.60. The van der Waals surface area contributed by atoms with Crippen molar-refractivity contribution in [1.82, 2.24) is 10.0 Å². The van der Waals surface area contributed by atoms with Crippen molar-refractivity contribution in [1.29, 1.82) is 0 Å². The van der Waals surface area contributed by atoms with Gasteiger partial charge >= 0.3 is 0 Å². The summed E-state index contributed by atoms with van der Waals surface area (Å²) >= 11 is 1.37. The number of rotatable bonds is 11. The molecule has 0 aliphatic heterocycles. The average Bonchev–Trinajstić information content (AvgIpc) is 2.88. The first-order valence-corrected chi connectivity index (χ1v) is 9.69. The van der Waals surface area contributed by atoms with Crippen LogP contribution in [0.15, 0.2) is 16.3 Å².